The number of nitrogens with one attached hydrogen (secondary N) is 1. The molecule has 1 aromatic carbocycles. The monoisotopic (exact) mass is 351 g/mol. The molecule has 1 atom stereocenters. The molecule has 1 aromatic rings. The second-order valence-corrected chi connectivity index (χ2v) is 5.80. The number of amides is 1. The van der Waals surface area contributed by atoms with Crippen molar-refractivity contribution in [2.75, 3.05) is 12.4 Å². The van der Waals surface area contributed by atoms with Gasteiger partial charge < -0.3 is 5.32 Å². The third kappa shape index (κ3) is 4.79. The fourth-order valence-electron chi connectivity index (χ4n) is 1.50. The fourth-order valence-corrected chi connectivity index (χ4v) is 2.24. The quantitative estimate of drug-likeness (QED) is 0.593. The van der Waals surface area contributed by atoms with E-state index < -0.39 is 0 Å². The molecule has 0 heterocycles. The lowest BCUT2D eigenvalue weighted by molar-refractivity contribution is 0.0952. The van der Waals surface area contributed by atoms with Gasteiger partial charge in [0.15, 0.2) is 0 Å². The molecule has 100 valence electrons. The molecule has 0 spiro atoms. The SMILES string of the molecule is CC(CCl)CCCNC(=O)c1cccc(Br)c1Cl. The molecule has 1 amide bonds. The summed E-state index contributed by atoms with van der Waals surface area (Å²) >= 11 is 15.1. The van der Waals surface area contributed by atoms with Crippen LogP contribution in [0.25, 0.3) is 0 Å². The van der Waals surface area contributed by atoms with Gasteiger partial charge in [-0.2, -0.15) is 0 Å². The van der Waals surface area contributed by atoms with E-state index in [1.165, 1.54) is 0 Å². The first kappa shape index (κ1) is 15.8. The van der Waals surface area contributed by atoms with Crippen molar-refractivity contribution >= 4 is 45.0 Å². The summed E-state index contributed by atoms with van der Waals surface area (Å²) in [7, 11) is 0. The molecule has 0 aliphatic heterocycles. The van der Waals surface area contributed by atoms with Crippen LogP contribution in [0.4, 0.5) is 0 Å². The van der Waals surface area contributed by atoms with Gasteiger partial charge in [0.05, 0.1) is 10.6 Å². The summed E-state index contributed by atoms with van der Waals surface area (Å²) in [6, 6.07) is 5.31. The smallest absolute Gasteiger partial charge is 0.252 e. The Morgan fingerprint density at radius 1 is 1.50 bits per heavy atom. The van der Waals surface area contributed by atoms with Crippen LogP contribution in [0.2, 0.25) is 5.02 Å². The number of carbonyl (C=O) groups excluding carboxylic acids is 1. The van der Waals surface area contributed by atoms with Gasteiger partial charge >= 0.3 is 0 Å². The lowest BCUT2D eigenvalue weighted by atomic mass is 10.1. The van der Waals surface area contributed by atoms with Crippen molar-refractivity contribution in [2.45, 2.75) is 19.8 Å². The van der Waals surface area contributed by atoms with Gasteiger partial charge in [0.25, 0.3) is 5.91 Å². The van der Waals surface area contributed by atoms with Crippen LogP contribution in [0.5, 0.6) is 0 Å². The minimum atomic E-state index is -0.139. The molecule has 0 aromatic heterocycles. The van der Waals surface area contributed by atoms with Crippen LogP contribution in [0.3, 0.4) is 0 Å². The Labute approximate surface area is 126 Å². The number of carbonyl (C=O) groups is 1. The third-order valence-electron chi connectivity index (χ3n) is 2.62. The van der Waals surface area contributed by atoms with Gasteiger partial charge in [0.2, 0.25) is 0 Å². The van der Waals surface area contributed by atoms with Gasteiger partial charge in [-0.3, -0.25) is 4.79 Å². The zero-order chi connectivity index (χ0) is 13.5. The van der Waals surface area contributed by atoms with Crippen molar-refractivity contribution < 1.29 is 4.79 Å². The molecule has 5 heteroatoms. The van der Waals surface area contributed by atoms with Crippen LogP contribution in [-0.4, -0.2) is 18.3 Å². The van der Waals surface area contributed by atoms with Crippen LogP contribution in [-0.2, 0) is 0 Å². The summed E-state index contributed by atoms with van der Waals surface area (Å²) in [5.74, 6) is 1.00. The van der Waals surface area contributed by atoms with E-state index in [0.717, 1.165) is 17.3 Å². The average Bonchev–Trinajstić information content (AvgIpc) is 2.37. The van der Waals surface area contributed by atoms with Gasteiger partial charge in [-0.05, 0) is 46.8 Å². The maximum absolute atomic E-state index is 11.9. The summed E-state index contributed by atoms with van der Waals surface area (Å²) in [4.78, 5) is 11.9. The van der Waals surface area contributed by atoms with Crippen LogP contribution < -0.4 is 5.32 Å². The van der Waals surface area contributed by atoms with E-state index in [4.69, 9.17) is 23.2 Å². The van der Waals surface area contributed by atoms with E-state index in [-0.39, 0.29) is 5.91 Å². The lowest BCUT2D eigenvalue weighted by Gasteiger charge is -2.09. The van der Waals surface area contributed by atoms with Crippen molar-refractivity contribution in [3.05, 3.63) is 33.3 Å². The van der Waals surface area contributed by atoms with Gasteiger partial charge in [0.1, 0.15) is 0 Å². The van der Waals surface area contributed by atoms with E-state index in [0.29, 0.717) is 28.9 Å². The predicted octanol–water partition coefficient (Wildman–Crippen LogP) is 4.49. The second-order valence-electron chi connectivity index (χ2n) is 4.26. The molecule has 0 bridgehead atoms. The summed E-state index contributed by atoms with van der Waals surface area (Å²) in [6.45, 7) is 2.74. The number of alkyl halides is 1. The Hall–Kier alpha value is -0.250. The molecule has 0 aliphatic rings. The Bertz CT molecular complexity index is 412. The van der Waals surface area contributed by atoms with Crippen LogP contribution in [0.15, 0.2) is 22.7 Å². The molecule has 0 saturated heterocycles. The number of hydrogen-bond acceptors (Lipinski definition) is 1. The van der Waals surface area contributed by atoms with Crippen molar-refractivity contribution in [2.24, 2.45) is 5.92 Å². The molecule has 2 nitrogen and oxygen atoms in total. The lowest BCUT2D eigenvalue weighted by Crippen LogP contribution is -2.25. The molecule has 0 saturated carbocycles. The summed E-state index contributed by atoms with van der Waals surface area (Å²) in [6.07, 6.45) is 1.93. The van der Waals surface area contributed by atoms with E-state index in [2.05, 4.69) is 28.2 Å². The highest BCUT2D eigenvalue weighted by atomic mass is 79.9. The molecule has 0 radical (unpaired) electrons. The van der Waals surface area contributed by atoms with Gasteiger partial charge in [-0.25, -0.2) is 0 Å². The summed E-state index contributed by atoms with van der Waals surface area (Å²) in [5.41, 5.74) is 0.497. The highest BCUT2D eigenvalue weighted by Gasteiger charge is 2.11. The predicted molar refractivity (Wildman–Crippen MR) is 80.6 cm³/mol. The van der Waals surface area contributed by atoms with Crippen LogP contribution in [0.1, 0.15) is 30.1 Å². The maximum atomic E-state index is 11.9. The van der Waals surface area contributed by atoms with Crippen molar-refractivity contribution in [1.82, 2.24) is 5.32 Å². The number of benzene rings is 1. The van der Waals surface area contributed by atoms with Crippen LogP contribution in [0, 0.1) is 5.92 Å². The first-order valence-corrected chi connectivity index (χ1v) is 7.55. The summed E-state index contributed by atoms with van der Waals surface area (Å²) in [5, 5.41) is 3.31. The van der Waals surface area contributed by atoms with E-state index in [9.17, 15) is 4.79 Å². The molecule has 1 N–H and O–H groups in total. The molecule has 1 rings (SSSR count). The Kier molecular flexibility index (Phi) is 7.05. The second kappa shape index (κ2) is 8.03. The van der Waals surface area contributed by atoms with Crippen molar-refractivity contribution in [1.29, 1.82) is 0 Å². The number of rotatable bonds is 6. The van der Waals surface area contributed by atoms with Gasteiger partial charge in [-0.1, -0.05) is 24.6 Å². The third-order valence-corrected chi connectivity index (χ3v) is 4.44. The van der Waals surface area contributed by atoms with Crippen molar-refractivity contribution in [3.63, 3.8) is 0 Å². The van der Waals surface area contributed by atoms with Gasteiger partial charge in [0, 0.05) is 16.9 Å². The van der Waals surface area contributed by atoms with E-state index >= 15 is 0 Å². The molecular formula is C13H16BrCl2NO. The number of hydrogen-bond donors (Lipinski definition) is 1. The topological polar surface area (TPSA) is 29.1 Å². The highest BCUT2D eigenvalue weighted by molar-refractivity contribution is 9.10. The van der Waals surface area contributed by atoms with Gasteiger partial charge in [-0.15, -0.1) is 11.6 Å². The zero-order valence-corrected chi connectivity index (χ0v) is 13.3. The first-order valence-electron chi connectivity index (χ1n) is 5.84. The molecule has 18 heavy (non-hydrogen) atoms. The molecule has 1 unspecified atom stereocenters. The standard InChI is InChI=1S/C13H16BrCl2NO/c1-9(8-15)4-3-7-17-13(18)10-5-2-6-11(14)12(10)16/h2,5-6,9H,3-4,7-8H2,1H3,(H,17,18). The Morgan fingerprint density at radius 2 is 2.22 bits per heavy atom. The summed E-state index contributed by atoms with van der Waals surface area (Å²) < 4.78 is 0.729. The largest absolute Gasteiger partial charge is 0.352 e. The number of halogens is 3. The Morgan fingerprint density at radius 3 is 2.89 bits per heavy atom. The fraction of sp³-hybridized carbons (Fsp3) is 0.462. The molecular weight excluding hydrogens is 337 g/mol. The molecule has 0 aliphatic carbocycles. The zero-order valence-electron chi connectivity index (χ0n) is 10.2. The average molecular weight is 353 g/mol. The minimum absolute atomic E-state index is 0.139. The van der Waals surface area contributed by atoms with Crippen LogP contribution >= 0.6 is 39.1 Å². The van der Waals surface area contributed by atoms with E-state index in [1.54, 1.807) is 18.2 Å². The Balaban J connectivity index is 2.44. The first-order chi connectivity index (χ1) is 8.56. The highest BCUT2D eigenvalue weighted by Crippen LogP contribution is 2.25. The normalized spacial score (nSPS) is 12.2. The minimum Gasteiger partial charge on any atom is -0.352 e. The maximum Gasteiger partial charge on any atom is 0.252 e. The molecule has 0 fully saturated rings. The van der Waals surface area contributed by atoms with Crippen molar-refractivity contribution in [3.8, 4) is 0 Å². The van der Waals surface area contributed by atoms with E-state index in [1.807, 2.05) is 0 Å².